The average molecular weight is 739 g/mol. The zero-order valence-corrected chi connectivity index (χ0v) is 31.0. The van der Waals surface area contributed by atoms with Crippen LogP contribution < -0.4 is 15.5 Å². The van der Waals surface area contributed by atoms with E-state index in [0.29, 0.717) is 6.61 Å². The number of nitriles is 1. The minimum Gasteiger partial charge on any atom is -0.480 e. The third-order valence-corrected chi connectivity index (χ3v) is 9.55. The van der Waals surface area contributed by atoms with Crippen molar-refractivity contribution < 1.29 is 51.7 Å². The molecule has 0 saturated carbocycles. The van der Waals surface area contributed by atoms with Crippen molar-refractivity contribution in [1.29, 1.82) is 5.26 Å². The first kappa shape index (κ1) is 40.8. The molecule has 0 radical (unpaired) electrons. The number of nitrogens with zero attached hydrogens (tertiary/aromatic N) is 4. The normalized spacial score (nSPS) is 16.9. The number of carboxylic acids is 1. The van der Waals surface area contributed by atoms with E-state index in [1.165, 1.54) is 17.6 Å². The molecule has 2 bridgehead atoms. The van der Waals surface area contributed by atoms with Crippen LogP contribution in [-0.4, -0.2) is 78.3 Å². The Kier molecular flexibility index (Phi) is 12.9. The Morgan fingerprint density at radius 3 is 2.29 bits per heavy atom. The van der Waals surface area contributed by atoms with Gasteiger partial charge in [-0.05, 0) is 64.3 Å². The van der Waals surface area contributed by atoms with Gasteiger partial charge in [0.05, 0.1) is 18.8 Å². The summed E-state index contributed by atoms with van der Waals surface area (Å²) in [5.41, 5.74) is -1.99. The summed E-state index contributed by atoms with van der Waals surface area (Å²) in [6.45, 7) is 13.0. The smallest absolute Gasteiger partial charge is 0.471 e. The van der Waals surface area contributed by atoms with Crippen molar-refractivity contribution in [3.8, 4) is 17.3 Å². The summed E-state index contributed by atoms with van der Waals surface area (Å²) in [7, 11) is -0.484. The molecule has 0 spiro atoms. The molecule has 0 unspecified atom stereocenters. The van der Waals surface area contributed by atoms with E-state index in [4.69, 9.17) is 14.5 Å². The molecular weight excluding hydrogens is 693 g/mol. The van der Waals surface area contributed by atoms with Gasteiger partial charge in [0, 0.05) is 25.9 Å². The molecule has 14 nitrogen and oxygen atoms in total. The second kappa shape index (κ2) is 16.1. The lowest BCUT2D eigenvalue weighted by atomic mass is 9.96. The second-order valence-electron chi connectivity index (χ2n) is 14.4. The summed E-state index contributed by atoms with van der Waals surface area (Å²) in [6, 6.07) is 2.25. The molecule has 2 heterocycles. The molecule has 18 heteroatoms. The maximum atomic E-state index is 14.3. The number of anilines is 2. The van der Waals surface area contributed by atoms with Crippen molar-refractivity contribution in [1.82, 2.24) is 14.9 Å². The maximum Gasteiger partial charge on any atom is 0.471 e. The molecule has 1 aromatic heterocycles. The largest absolute Gasteiger partial charge is 0.480 e. The number of ether oxygens (including phenoxy) is 3. The molecule has 3 amide bonds. The van der Waals surface area contributed by atoms with Gasteiger partial charge in [0.2, 0.25) is 0 Å². The van der Waals surface area contributed by atoms with E-state index in [0.717, 1.165) is 19.2 Å². The Balaban J connectivity index is 2.45. The Labute approximate surface area is 295 Å². The van der Waals surface area contributed by atoms with E-state index in [1.807, 2.05) is 0 Å². The number of benzene rings is 1. The molecule has 1 aliphatic rings. The van der Waals surface area contributed by atoms with Crippen LogP contribution in [0.3, 0.4) is 0 Å². The highest BCUT2D eigenvalue weighted by atomic mass is 28.3. The van der Waals surface area contributed by atoms with Gasteiger partial charge in [-0.15, -0.1) is 0 Å². The number of methoxy groups -OCH3 is 1. The van der Waals surface area contributed by atoms with Crippen LogP contribution in [0.2, 0.25) is 25.7 Å². The van der Waals surface area contributed by atoms with E-state index in [9.17, 15) is 42.7 Å². The van der Waals surface area contributed by atoms with Crippen molar-refractivity contribution in [2.24, 2.45) is 0 Å². The summed E-state index contributed by atoms with van der Waals surface area (Å²) in [5, 5.41) is 26.0. The minimum atomic E-state index is -5.52. The lowest BCUT2D eigenvalue weighted by Gasteiger charge is -2.32. The molecule has 51 heavy (non-hydrogen) atoms. The lowest BCUT2D eigenvalue weighted by molar-refractivity contribution is -0.171. The third-order valence-electron chi connectivity index (χ3n) is 7.84. The van der Waals surface area contributed by atoms with Gasteiger partial charge >= 0.3 is 30.2 Å². The van der Waals surface area contributed by atoms with E-state index >= 15 is 0 Å². The van der Waals surface area contributed by atoms with Crippen molar-refractivity contribution in [2.75, 3.05) is 23.9 Å². The zero-order chi connectivity index (χ0) is 38.5. The quantitative estimate of drug-likeness (QED) is 0.194. The van der Waals surface area contributed by atoms with Gasteiger partial charge in [0.15, 0.2) is 0 Å². The van der Waals surface area contributed by atoms with Crippen molar-refractivity contribution in [3.63, 3.8) is 0 Å². The number of imidazole rings is 1. The fraction of sp³-hybridized carbons (Fsp3) is 0.576. The number of carbonyl (C=O) groups is 4. The van der Waals surface area contributed by atoms with Crippen LogP contribution in [0.25, 0.3) is 11.3 Å². The first-order valence-electron chi connectivity index (χ1n) is 16.3. The van der Waals surface area contributed by atoms with Crippen LogP contribution in [0, 0.1) is 18.3 Å². The number of rotatable bonds is 8. The average Bonchev–Trinajstić information content (AvgIpc) is 3.34. The fourth-order valence-electron chi connectivity index (χ4n) is 5.52. The van der Waals surface area contributed by atoms with E-state index in [1.54, 1.807) is 20.8 Å². The van der Waals surface area contributed by atoms with Gasteiger partial charge in [-0.25, -0.2) is 19.4 Å². The van der Waals surface area contributed by atoms with Crippen LogP contribution in [0.15, 0.2) is 12.1 Å². The molecule has 3 rings (SSSR count). The third kappa shape index (κ3) is 10.7. The lowest BCUT2D eigenvalue weighted by Crippen LogP contribution is -2.51. The number of carboxylic acid groups (broad SMARTS) is 1. The number of hydrogen-bond donors (Lipinski definition) is 3. The molecule has 1 aliphatic heterocycles. The van der Waals surface area contributed by atoms with Crippen molar-refractivity contribution in [2.45, 2.75) is 110 Å². The number of alkyl halides is 3. The summed E-state index contributed by atoms with van der Waals surface area (Å²) >= 11 is 0. The van der Waals surface area contributed by atoms with Crippen LogP contribution in [-0.2, 0) is 30.5 Å². The first-order chi connectivity index (χ1) is 23.6. The first-order valence-corrected chi connectivity index (χ1v) is 20.0. The highest BCUT2D eigenvalue weighted by Gasteiger charge is 2.48. The number of halogens is 3. The van der Waals surface area contributed by atoms with Crippen LogP contribution in [0.4, 0.5) is 34.1 Å². The van der Waals surface area contributed by atoms with Gasteiger partial charge in [-0.1, -0.05) is 32.5 Å². The molecule has 280 valence electrons. The number of fused-ring (bicyclic) bond motifs is 4. The van der Waals surface area contributed by atoms with Crippen LogP contribution in [0.5, 0.6) is 0 Å². The minimum absolute atomic E-state index is 0.00486. The Bertz CT molecular complexity index is 1680. The monoisotopic (exact) mass is 738 g/mol. The molecule has 3 N–H and O–H groups in total. The van der Waals surface area contributed by atoms with Gasteiger partial charge in [0.1, 0.15) is 41.7 Å². The standard InChI is InChI=1S/C33H45F3N6O8Si/c1-19-15-20(38-30(46)48-5)16-23-25(19)26-24(17-37)41(18-49-13-14-51(6,7)8)27(40-26)21(39-31(47)50-32(2,3)4)11-9-10-12-22(28(43)44)42(23)29(45)33(34,35)36/h15-16,21-22H,9-14,18H2,1-8H3,(H,38,46)(H,39,47)(H,43,44)/t21-,22+/m0/s1. The highest BCUT2D eigenvalue weighted by Crippen LogP contribution is 2.42. The number of alkyl carbamates (subject to hydrolysis) is 1. The maximum absolute atomic E-state index is 14.3. The van der Waals surface area contributed by atoms with E-state index < -0.39 is 68.1 Å². The molecule has 0 saturated heterocycles. The second-order valence-corrected chi connectivity index (χ2v) is 20.0. The SMILES string of the molecule is COC(=O)Nc1cc(C)c2c(c1)N(C(=O)C(F)(F)F)[C@@H](C(=O)O)CCCC[C@H](NC(=O)OC(C)(C)C)c1nc-2c(C#N)n1COCC[Si](C)(C)C. The zero-order valence-electron chi connectivity index (χ0n) is 30.0. The van der Waals surface area contributed by atoms with Gasteiger partial charge in [0.25, 0.3) is 0 Å². The summed E-state index contributed by atoms with van der Waals surface area (Å²) in [4.78, 5) is 56.0. The van der Waals surface area contributed by atoms with E-state index in [-0.39, 0.29) is 64.9 Å². The molecule has 2 atom stereocenters. The van der Waals surface area contributed by atoms with E-state index in [2.05, 4.69) is 41.1 Å². The number of aryl methyl sites for hydroxylation is 1. The Morgan fingerprint density at radius 2 is 1.75 bits per heavy atom. The number of hydrogen-bond acceptors (Lipinski definition) is 9. The Morgan fingerprint density at radius 1 is 1.10 bits per heavy atom. The molecule has 0 aliphatic carbocycles. The number of nitrogens with one attached hydrogen (secondary N) is 2. The molecule has 0 fully saturated rings. The Hall–Kier alpha value is -4.63. The number of aromatic nitrogens is 2. The molecular formula is C33H45F3N6O8Si. The fourth-order valence-corrected chi connectivity index (χ4v) is 6.27. The van der Waals surface area contributed by atoms with Gasteiger partial charge < -0.3 is 24.6 Å². The number of amides is 3. The van der Waals surface area contributed by atoms with Gasteiger partial charge in [-0.2, -0.15) is 18.4 Å². The number of carbonyl (C=O) groups excluding carboxylic acids is 3. The molecule has 1 aromatic carbocycles. The highest BCUT2D eigenvalue weighted by molar-refractivity contribution is 6.76. The summed E-state index contributed by atoms with van der Waals surface area (Å²) in [5.74, 6) is -4.06. The van der Waals surface area contributed by atoms with Crippen molar-refractivity contribution >= 4 is 43.5 Å². The molecule has 2 aromatic rings. The van der Waals surface area contributed by atoms with Gasteiger partial charge in [-0.3, -0.25) is 19.6 Å². The summed E-state index contributed by atoms with van der Waals surface area (Å²) in [6.07, 6.45) is -7.43. The summed E-state index contributed by atoms with van der Waals surface area (Å²) < 4.78 is 60.4. The number of aliphatic carboxylic acids is 1. The predicted molar refractivity (Wildman–Crippen MR) is 183 cm³/mol. The van der Waals surface area contributed by atoms with Crippen molar-refractivity contribution in [3.05, 3.63) is 29.2 Å². The van der Waals surface area contributed by atoms with Crippen LogP contribution in [0.1, 0.15) is 69.6 Å². The topological polar surface area (TPSA) is 185 Å². The van der Waals surface area contributed by atoms with Crippen LogP contribution >= 0.6 is 0 Å². The predicted octanol–water partition coefficient (Wildman–Crippen LogP) is 6.71.